The number of aryl methyl sites for hydroxylation is 1. The molecule has 3 heterocycles. The fourth-order valence-electron chi connectivity index (χ4n) is 3.09. The average Bonchev–Trinajstić information content (AvgIpc) is 3.11. The molecule has 0 aromatic carbocycles. The van der Waals surface area contributed by atoms with Gasteiger partial charge in [-0.2, -0.15) is 13.6 Å². The lowest BCUT2D eigenvalue weighted by Crippen LogP contribution is -2.46. The molecule has 0 saturated carbocycles. The summed E-state index contributed by atoms with van der Waals surface area (Å²) in [6.07, 6.45) is -3.65. The van der Waals surface area contributed by atoms with Gasteiger partial charge in [0.2, 0.25) is 5.95 Å². The number of nitrogens with zero attached hydrogens (tertiary/aromatic N) is 4. The van der Waals surface area contributed by atoms with Gasteiger partial charge >= 0.3 is 23.5 Å². The second-order valence-corrected chi connectivity index (χ2v) is 11.6. The van der Waals surface area contributed by atoms with Crippen molar-refractivity contribution in [2.24, 2.45) is 0 Å². The summed E-state index contributed by atoms with van der Waals surface area (Å²) < 4.78 is 81.5. The Balaban J connectivity index is 1.84. The molecule has 1 fully saturated rings. The SMILES string of the molecule is Cc1nc(N)nc2c1ncn2[C@@H]1O[C@](F)(COP(=O)(O)OP(=O)(O)OP(=O)(O)O)[C@@H](O)[C@@]1(C)F. The van der Waals surface area contributed by atoms with Crippen molar-refractivity contribution in [1.82, 2.24) is 19.5 Å². The van der Waals surface area contributed by atoms with Crippen LogP contribution in [-0.2, 0) is 31.6 Å². The third-order valence-electron chi connectivity index (χ3n) is 4.44. The van der Waals surface area contributed by atoms with E-state index in [1.807, 2.05) is 0 Å². The molecule has 0 bridgehead atoms. The van der Waals surface area contributed by atoms with Crippen LogP contribution in [0.1, 0.15) is 18.8 Å². The van der Waals surface area contributed by atoms with E-state index in [-0.39, 0.29) is 17.1 Å². The molecule has 1 aliphatic rings. The molecule has 2 aromatic heterocycles. The van der Waals surface area contributed by atoms with Crippen molar-refractivity contribution in [2.75, 3.05) is 12.3 Å². The van der Waals surface area contributed by atoms with E-state index >= 15 is 8.78 Å². The summed E-state index contributed by atoms with van der Waals surface area (Å²) in [6.45, 7) is 0.493. The summed E-state index contributed by atoms with van der Waals surface area (Å²) in [4.78, 5) is 47.3. The predicted molar refractivity (Wildman–Crippen MR) is 104 cm³/mol. The van der Waals surface area contributed by atoms with E-state index < -0.39 is 53.9 Å². The van der Waals surface area contributed by atoms with Crippen LogP contribution >= 0.6 is 23.5 Å². The monoisotopic (exact) mass is 555 g/mol. The van der Waals surface area contributed by atoms with Crippen molar-refractivity contribution in [3.63, 3.8) is 0 Å². The van der Waals surface area contributed by atoms with Crippen LogP contribution in [0.4, 0.5) is 14.7 Å². The Bertz CT molecular complexity index is 1250. The zero-order chi connectivity index (χ0) is 25.9. The van der Waals surface area contributed by atoms with Gasteiger partial charge in [-0.1, -0.05) is 0 Å². The van der Waals surface area contributed by atoms with Gasteiger partial charge in [0.1, 0.15) is 12.1 Å². The van der Waals surface area contributed by atoms with Gasteiger partial charge < -0.3 is 35.2 Å². The lowest BCUT2D eigenvalue weighted by Gasteiger charge is -2.25. The van der Waals surface area contributed by atoms with E-state index in [4.69, 9.17) is 25.2 Å². The third-order valence-corrected chi connectivity index (χ3v) is 8.22. The van der Waals surface area contributed by atoms with Gasteiger partial charge in [0.15, 0.2) is 23.6 Å². The average molecular weight is 555 g/mol. The number of hydrogen-bond acceptors (Lipinski definition) is 12. The number of phosphoric acid groups is 3. The van der Waals surface area contributed by atoms with Crippen molar-refractivity contribution >= 4 is 40.6 Å². The Morgan fingerprint density at radius 2 is 1.79 bits per heavy atom. The second kappa shape index (κ2) is 8.58. The molecule has 7 N–H and O–H groups in total. The molecule has 1 saturated heterocycles. The molecule has 17 nitrogen and oxygen atoms in total. The lowest BCUT2D eigenvalue weighted by molar-refractivity contribution is -0.203. The number of halogens is 2. The number of phosphoric ester groups is 1. The van der Waals surface area contributed by atoms with Crippen molar-refractivity contribution in [1.29, 1.82) is 0 Å². The Kier molecular flexibility index (Phi) is 6.85. The zero-order valence-corrected chi connectivity index (χ0v) is 19.7. The van der Waals surface area contributed by atoms with Crippen LogP contribution < -0.4 is 5.73 Å². The topological polar surface area (TPSA) is 259 Å². The Morgan fingerprint density at radius 1 is 1.18 bits per heavy atom. The van der Waals surface area contributed by atoms with Crippen molar-refractivity contribution < 1.29 is 65.0 Å². The van der Waals surface area contributed by atoms with Crippen LogP contribution in [0.2, 0.25) is 0 Å². The first-order valence-electron chi connectivity index (χ1n) is 8.75. The molecular weight excluding hydrogens is 537 g/mol. The number of rotatable bonds is 8. The number of nitrogens with two attached hydrogens (primary N) is 1. The minimum absolute atomic E-state index is 0.0942. The number of aliphatic hydroxyl groups excluding tert-OH is 1. The highest BCUT2D eigenvalue weighted by molar-refractivity contribution is 7.66. The molecule has 3 rings (SSSR count). The van der Waals surface area contributed by atoms with E-state index in [2.05, 4.69) is 28.1 Å². The Labute approximate surface area is 187 Å². The fourth-order valence-corrected chi connectivity index (χ4v) is 6.12. The predicted octanol–water partition coefficient (Wildman–Crippen LogP) is 0.344. The second-order valence-electron chi connectivity index (χ2n) is 7.17. The number of anilines is 1. The van der Waals surface area contributed by atoms with Crippen LogP contribution in [0, 0.1) is 6.92 Å². The molecule has 0 spiro atoms. The van der Waals surface area contributed by atoms with E-state index in [0.29, 0.717) is 5.69 Å². The van der Waals surface area contributed by atoms with Crippen LogP contribution in [0.5, 0.6) is 0 Å². The zero-order valence-electron chi connectivity index (χ0n) is 17.0. The maximum absolute atomic E-state index is 15.4. The summed E-state index contributed by atoms with van der Waals surface area (Å²) in [5.41, 5.74) is 2.98. The molecule has 0 aliphatic carbocycles. The molecule has 2 aromatic rings. The number of alkyl halides is 2. The molecule has 0 amide bonds. The normalized spacial score (nSPS) is 31.4. The fraction of sp³-hybridized carbons (Fsp3) is 0.583. The molecule has 22 heteroatoms. The van der Waals surface area contributed by atoms with Crippen LogP contribution in [-0.4, -0.2) is 68.4 Å². The maximum atomic E-state index is 15.4. The summed E-state index contributed by atoms with van der Waals surface area (Å²) in [5.74, 6) is -3.78. The molecule has 192 valence electrons. The molecule has 6 atom stereocenters. The Morgan fingerprint density at radius 3 is 2.38 bits per heavy atom. The van der Waals surface area contributed by atoms with Crippen molar-refractivity contribution in [2.45, 2.75) is 37.7 Å². The summed E-state index contributed by atoms with van der Waals surface area (Å²) >= 11 is 0. The number of nitrogen functional groups attached to an aromatic ring is 1. The van der Waals surface area contributed by atoms with Gasteiger partial charge in [-0.3, -0.25) is 9.09 Å². The van der Waals surface area contributed by atoms with Gasteiger partial charge in [-0.15, -0.1) is 0 Å². The quantitative estimate of drug-likeness (QED) is 0.240. The van der Waals surface area contributed by atoms with E-state index in [1.165, 1.54) is 6.92 Å². The molecule has 34 heavy (non-hydrogen) atoms. The third kappa shape index (κ3) is 5.51. The first-order valence-corrected chi connectivity index (χ1v) is 13.3. The number of imidazole rings is 1. The summed E-state index contributed by atoms with van der Waals surface area (Å²) in [7, 11) is -17.3. The highest BCUT2D eigenvalue weighted by Gasteiger charge is 2.65. The van der Waals surface area contributed by atoms with Crippen LogP contribution in [0.3, 0.4) is 0 Å². The van der Waals surface area contributed by atoms with E-state index in [1.54, 1.807) is 0 Å². The number of aliphatic hydroxyl groups is 1. The molecule has 0 radical (unpaired) electrons. The summed E-state index contributed by atoms with van der Waals surface area (Å²) in [6, 6.07) is 0. The number of fused-ring (bicyclic) bond motifs is 1. The lowest BCUT2D eigenvalue weighted by atomic mass is 9.97. The minimum atomic E-state index is -5.89. The number of hydrogen-bond donors (Lipinski definition) is 6. The highest BCUT2D eigenvalue weighted by Crippen LogP contribution is 2.66. The van der Waals surface area contributed by atoms with Crippen molar-refractivity contribution in [3.8, 4) is 0 Å². The van der Waals surface area contributed by atoms with Gasteiger partial charge in [0.25, 0.3) is 5.85 Å². The largest absolute Gasteiger partial charge is 0.490 e. The first kappa shape index (κ1) is 27.1. The number of ether oxygens (including phenoxy) is 1. The van der Waals surface area contributed by atoms with Crippen molar-refractivity contribution in [3.05, 3.63) is 12.0 Å². The van der Waals surface area contributed by atoms with Crippen LogP contribution in [0.15, 0.2) is 6.33 Å². The molecule has 2 unspecified atom stereocenters. The highest BCUT2D eigenvalue weighted by atomic mass is 31.3. The van der Waals surface area contributed by atoms with Crippen LogP contribution in [0.25, 0.3) is 11.2 Å². The molecular formula is C12H18F2N5O12P3. The van der Waals surface area contributed by atoms with Gasteiger partial charge in [0, 0.05) is 0 Å². The Hall–Kier alpha value is -1.46. The standard InChI is InChI=1S/C12H18F2N5O12P3/c1-5-6-7(18-10(15)17-5)19(4-16-6)9-11(2,13)8(20)12(14,29-9)3-28-33(24,25)31-34(26,27)30-32(21,22)23/h4,8-9,20H,3H2,1-2H3,(H,24,25)(H,26,27)(H2,15,17,18)(H2,21,22,23)/t8-,9+,11+,12+/m0/s1. The minimum Gasteiger partial charge on any atom is -0.384 e. The van der Waals surface area contributed by atoms with Gasteiger partial charge in [-0.25, -0.2) is 32.4 Å². The molecule has 1 aliphatic heterocycles. The number of aromatic nitrogens is 4. The smallest absolute Gasteiger partial charge is 0.384 e. The van der Waals surface area contributed by atoms with E-state index in [9.17, 15) is 23.7 Å². The van der Waals surface area contributed by atoms with E-state index in [0.717, 1.165) is 17.8 Å². The van der Waals surface area contributed by atoms with Gasteiger partial charge in [0.05, 0.1) is 12.0 Å². The summed E-state index contributed by atoms with van der Waals surface area (Å²) in [5, 5.41) is 10.2. The maximum Gasteiger partial charge on any atom is 0.490 e. The van der Waals surface area contributed by atoms with Gasteiger partial charge in [-0.05, 0) is 13.8 Å². The first-order chi connectivity index (χ1) is 15.3.